The first-order chi connectivity index (χ1) is 19.0. The van der Waals surface area contributed by atoms with Gasteiger partial charge < -0.3 is 19.3 Å². The third-order valence-corrected chi connectivity index (χ3v) is 7.76. The van der Waals surface area contributed by atoms with Gasteiger partial charge in [-0.1, -0.05) is 42.5 Å². The summed E-state index contributed by atoms with van der Waals surface area (Å²) in [5.41, 5.74) is 7.61. The minimum absolute atomic E-state index is 0.467. The number of piperidine rings is 1. The number of ether oxygens (including phenoxy) is 2. The SMILES string of the molecule is COc1ccc(CN(Cc2ccc(OC)cc2)c2ccc(C)c(C3CCN(c4cccc(C)c4)CC3)n2)cc1. The van der Waals surface area contributed by atoms with Crippen molar-refractivity contribution in [2.24, 2.45) is 0 Å². The fourth-order valence-corrected chi connectivity index (χ4v) is 5.48. The van der Waals surface area contributed by atoms with Crippen LogP contribution in [0.15, 0.2) is 84.9 Å². The average molecular weight is 522 g/mol. The van der Waals surface area contributed by atoms with Crippen molar-refractivity contribution < 1.29 is 9.47 Å². The van der Waals surface area contributed by atoms with Crippen molar-refractivity contribution in [2.45, 2.75) is 45.7 Å². The maximum Gasteiger partial charge on any atom is 0.129 e. The van der Waals surface area contributed by atoms with E-state index in [0.29, 0.717) is 5.92 Å². The molecule has 202 valence electrons. The van der Waals surface area contributed by atoms with E-state index in [2.05, 4.69) is 84.3 Å². The molecule has 0 radical (unpaired) electrons. The minimum atomic E-state index is 0.467. The molecule has 0 N–H and O–H groups in total. The molecule has 3 aromatic carbocycles. The molecule has 5 nitrogen and oxygen atoms in total. The molecule has 4 aromatic rings. The second-order valence-corrected chi connectivity index (χ2v) is 10.5. The zero-order valence-electron chi connectivity index (χ0n) is 23.6. The highest BCUT2D eigenvalue weighted by atomic mass is 16.5. The van der Waals surface area contributed by atoms with Gasteiger partial charge in [-0.25, -0.2) is 4.98 Å². The summed E-state index contributed by atoms with van der Waals surface area (Å²) in [6.07, 6.45) is 2.23. The summed E-state index contributed by atoms with van der Waals surface area (Å²) in [5, 5.41) is 0. The van der Waals surface area contributed by atoms with E-state index in [1.807, 2.05) is 24.3 Å². The van der Waals surface area contributed by atoms with Crippen molar-refractivity contribution in [1.29, 1.82) is 0 Å². The largest absolute Gasteiger partial charge is 0.497 e. The van der Waals surface area contributed by atoms with Crippen LogP contribution in [0.25, 0.3) is 0 Å². The number of rotatable bonds is 9. The topological polar surface area (TPSA) is 37.8 Å². The van der Waals surface area contributed by atoms with Gasteiger partial charge in [0.25, 0.3) is 0 Å². The van der Waals surface area contributed by atoms with Crippen LogP contribution < -0.4 is 19.3 Å². The molecular formula is C34H39N3O2. The zero-order valence-corrected chi connectivity index (χ0v) is 23.6. The maximum atomic E-state index is 5.37. The van der Waals surface area contributed by atoms with Crippen molar-refractivity contribution in [3.63, 3.8) is 0 Å². The van der Waals surface area contributed by atoms with E-state index in [1.165, 1.54) is 33.6 Å². The number of hydrogen-bond donors (Lipinski definition) is 0. The number of anilines is 2. The van der Waals surface area contributed by atoms with Gasteiger partial charge >= 0.3 is 0 Å². The molecule has 0 saturated carbocycles. The van der Waals surface area contributed by atoms with Gasteiger partial charge in [0.2, 0.25) is 0 Å². The molecule has 0 amide bonds. The zero-order chi connectivity index (χ0) is 27.2. The number of hydrogen-bond acceptors (Lipinski definition) is 5. The summed E-state index contributed by atoms with van der Waals surface area (Å²) >= 11 is 0. The summed E-state index contributed by atoms with van der Waals surface area (Å²) < 4.78 is 10.7. The molecule has 1 fully saturated rings. The normalized spacial score (nSPS) is 13.8. The molecule has 1 aliphatic rings. The molecule has 39 heavy (non-hydrogen) atoms. The highest BCUT2D eigenvalue weighted by Crippen LogP contribution is 2.33. The molecule has 0 atom stereocenters. The quantitative estimate of drug-likeness (QED) is 0.231. The molecule has 5 rings (SSSR count). The molecule has 0 aliphatic carbocycles. The van der Waals surface area contributed by atoms with Crippen LogP contribution >= 0.6 is 0 Å². The first-order valence-electron chi connectivity index (χ1n) is 13.8. The molecule has 5 heteroatoms. The van der Waals surface area contributed by atoms with Crippen LogP contribution in [-0.2, 0) is 13.1 Å². The maximum absolute atomic E-state index is 5.37. The Bertz CT molecular complexity index is 1310. The Hall–Kier alpha value is -3.99. The lowest BCUT2D eigenvalue weighted by molar-refractivity contribution is 0.414. The van der Waals surface area contributed by atoms with Crippen molar-refractivity contribution in [3.05, 3.63) is 113 Å². The Morgan fingerprint density at radius 2 is 1.36 bits per heavy atom. The van der Waals surface area contributed by atoms with Gasteiger partial charge in [0.05, 0.1) is 14.2 Å². The summed E-state index contributed by atoms with van der Waals surface area (Å²) in [4.78, 5) is 10.2. The Morgan fingerprint density at radius 3 is 1.90 bits per heavy atom. The fourth-order valence-electron chi connectivity index (χ4n) is 5.48. The molecular weight excluding hydrogens is 482 g/mol. The number of pyridine rings is 1. The van der Waals surface area contributed by atoms with Crippen molar-refractivity contribution in [3.8, 4) is 11.5 Å². The summed E-state index contributed by atoms with van der Waals surface area (Å²) in [6.45, 7) is 8.01. The number of aromatic nitrogens is 1. The predicted octanol–water partition coefficient (Wildman–Crippen LogP) is 7.31. The van der Waals surface area contributed by atoms with E-state index >= 15 is 0 Å². The van der Waals surface area contributed by atoms with Crippen molar-refractivity contribution >= 4 is 11.5 Å². The minimum Gasteiger partial charge on any atom is -0.497 e. The van der Waals surface area contributed by atoms with E-state index in [0.717, 1.165) is 56.3 Å². The third kappa shape index (κ3) is 6.54. The molecule has 0 unspecified atom stereocenters. The van der Waals surface area contributed by atoms with Gasteiger partial charge in [-0.15, -0.1) is 0 Å². The summed E-state index contributed by atoms with van der Waals surface area (Å²) in [6, 6.07) is 29.9. The monoisotopic (exact) mass is 521 g/mol. The molecule has 1 saturated heterocycles. The van der Waals surface area contributed by atoms with Crippen LogP contribution in [0.2, 0.25) is 0 Å². The van der Waals surface area contributed by atoms with Gasteiger partial charge in [-0.3, -0.25) is 0 Å². The Kier molecular flexibility index (Phi) is 8.36. The van der Waals surface area contributed by atoms with Gasteiger partial charge in [0, 0.05) is 43.5 Å². The van der Waals surface area contributed by atoms with Crippen LogP contribution in [0.5, 0.6) is 11.5 Å². The first-order valence-corrected chi connectivity index (χ1v) is 13.8. The predicted molar refractivity (Wildman–Crippen MR) is 160 cm³/mol. The number of aryl methyl sites for hydroxylation is 2. The van der Waals surface area contributed by atoms with Crippen LogP contribution in [0.4, 0.5) is 11.5 Å². The lowest BCUT2D eigenvalue weighted by Crippen LogP contribution is -2.33. The lowest BCUT2D eigenvalue weighted by Gasteiger charge is -2.34. The Balaban J connectivity index is 1.38. The van der Waals surface area contributed by atoms with Crippen LogP contribution in [-0.4, -0.2) is 32.3 Å². The van der Waals surface area contributed by atoms with E-state index < -0.39 is 0 Å². The second-order valence-electron chi connectivity index (χ2n) is 10.5. The highest BCUT2D eigenvalue weighted by Gasteiger charge is 2.24. The molecule has 1 aliphatic heterocycles. The first kappa shape index (κ1) is 26.6. The van der Waals surface area contributed by atoms with Crippen LogP contribution in [0.1, 0.15) is 46.7 Å². The van der Waals surface area contributed by atoms with Gasteiger partial charge in [-0.2, -0.15) is 0 Å². The third-order valence-electron chi connectivity index (χ3n) is 7.76. The smallest absolute Gasteiger partial charge is 0.129 e. The van der Waals surface area contributed by atoms with Gasteiger partial charge in [0.15, 0.2) is 0 Å². The van der Waals surface area contributed by atoms with E-state index in [4.69, 9.17) is 14.5 Å². The fraction of sp³-hybridized carbons (Fsp3) is 0.324. The molecule has 1 aromatic heterocycles. The lowest BCUT2D eigenvalue weighted by atomic mass is 9.90. The van der Waals surface area contributed by atoms with Crippen molar-refractivity contribution in [1.82, 2.24) is 4.98 Å². The molecule has 0 spiro atoms. The molecule has 0 bridgehead atoms. The Labute approximate surface area is 233 Å². The number of methoxy groups -OCH3 is 2. The van der Waals surface area contributed by atoms with Crippen LogP contribution in [0, 0.1) is 13.8 Å². The van der Waals surface area contributed by atoms with E-state index in [1.54, 1.807) is 14.2 Å². The molecule has 2 heterocycles. The second kappa shape index (κ2) is 12.2. The van der Waals surface area contributed by atoms with E-state index in [9.17, 15) is 0 Å². The summed E-state index contributed by atoms with van der Waals surface area (Å²) in [5.74, 6) is 3.22. The van der Waals surface area contributed by atoms with Gasteiger partial charge in [0.1, 0.15) is 17.3 Å². The summed E-state index contributed by atoms with van der Waals surface area (Å²) in [7, 11) is 3.40. The number of benzene rings is 3. The number of nitrogens with zero attached hydrogens (tertiary/aromatic N) is 3. The average Bonchev–Trinajstić information content (AvgIpc) is 2.98. The highest BCUT2D eigenvalue weighted by molar-refractivity contribution is 5.50. The standard InChI is InChI=1S/C34H39N3O2/c1-25-6-5-7-30(22-25)36-20-18-29(19-21-36)34-26(2)8-17-33(35-34)37(23-27-9-13-31(38-3)14-10-27)24-28-11-15-32(39-4)16-12-28/h5-17,22,29H,18-21,23-24H2,1-4H3. The van der Waals surface area contributed by atoms with Crippen LogP contribution in [0.3, 0.4) is 0 Å². The van der Waals surface area contributed by atoms with Gasteiger partial charge in [-0.05, 0) is 91.4 Å². The Morgan fingerprint density at radius 1 is 0.769 bits per heavy atom. The van der Waals surface area contributed by atoms with E-state index in [-0.39, 0.29) is 0 Å². The van der Waals surface area contributed by atoms with Crippen molar-refractivity contribution in [2.75, 3.05) is 37.1 Å².